The van der Waals surface area contributed by atoms with Crippen molar-refractivity contribution in [1.82, 2.24) is 0 Å². The molecule has 1 saturated carbocycles. The first-order valence-corrected chi connectivity index (χ1v) is 6.77. The second kappa shape index (κ2) is 5.09. The molecule has 100 valence electrons. The van der Waals surface area contributed by atoms with E-state index >= 15 is 0 Å². The van der Waals surface area contributed by atoms with E-state index in [-0.39, 0.29) is 6.10 Å². The van der Waals surface area contributed by atoms with Gasteiger partial charge in [0, 0.05) is 36.6 Å². The summed E-state index contributed by atoms with van der Waals surface area (Å²) in [5.74, 6) is 1.70. The normalized spacial score (nSPS) is 16.7. The Bertz CT molecular complexity index is 413. The Hall–Kier alpha value is -1.38. The largest absolute Gasteiger partial charge is 0.491 e. The van der Waals surface area contributed by atoms with Crippen LogP contribution in [0.2, 0.25) is 0 Å². The molecule has 3 heteroatoms. The van der Waals surface area contributed by atoms with Crippen molar-refractivity contribution >= 4 is 11.4 Å². The van der Waals surface area contributed by atoms with Crippen molar-refractivity contribution in [3.63, 3.8) is 0 Å². The Morgan fingerprint density at radius 1 is 1.22 bits per heavy atom. The van der Waals surface area contributed by atoms with Gasteiger partial charge in [0.05, 0.1) is 6.10 Å². The third-order valence-electron chi connectivity index (χ3n) is 3.61. The molecule has 1 unspecified atom stereocenters. The van der Waals surface area contributed by atoms with E-state index in [1.54, 1.807) is 0 Å². The van der Waals surface area contributed by atoms with Crippen LogP contribution in [-0.4, -0.2) is 19.2 Å². The standard InChI is InChI=1S/C15H24N2O/c1-10(2)18-15-8-13(16)7-14(9-15)17(4)11(3)12-5-6-12/h7-12H,5-6,16H2,1-4H3. The zero-order chi connectivity index (χ0) is 13.3. The second-order valence-corrected chi connectivity index (χ2v) is 5.62. The van der Waals surface area contributed by atoms with Crippen molar-refractivity contribution in [2.75, 3.05) is 17.7 Å². The van der Waals surface area contributed by atoms with Gasteiger partial charge in [-0.25, -0.2) is 0 Å². The summed E-state index contributed by atoms with van der Waals surface area (Å²) < 4.78 is 5.74. The number of anilines is 2. The van der Waals surface area contributed by atoms with Crippen molar-refractivity contribution in [3.05, 3.63) is 18.2 Å². The smallest absolute Gasteiger partial charge is 0.123 e. The highest BCUT2D eigenvalue weighted by atomic mass is 16.5. The molecule has 1 aromatic carbocycles. The lowest BCUT2D eigenvalue weighted by atomic mass is 10.1. The van der Waals surface area contributed by atoms with Gasteiger partial charge in [-0.15, -0.1) is 0 Å². The third kappa shape index (κ3) is 3.09. The van der Waals surface area contributed by atoms with Crippen LogP contribution >= 0.6 is 0 Å². The Morgan fingerprint density at radius 2 is 1.89 bits per heavy atom. The minimum atomic E-state index is 0.172. The average Bonchev–Trinajstić information content (AvgIpc) is 3.09. The zero-order valence-electron chi connectivity index (χ0n) is 11.8. The minimum Gasteiger partial charge on any atom is -0.491 e. The molecule has 1 fully saturated rings. The maximum atomic E-state index is 5.96. The predicted molar refractivity (Wildman–Crippen MR) is 77.2 cm³/mol. The lowest BCUT2D eigenvalue weighted by molar-refractivity contribution is 0.242. The summed E-state index contributed by atoms with van der Waals surface area (Å²) in [5.41, 5.74) is 7.86. The van der Waals surface area contributed by atoms with Gasteiger partial charge in [0.15, 0.2) is 0 Å². The lowest BCUT2D eigenvalue weighted by Gasteiger charge is -2.28. The van der Waals surface area contributed by atoms with Gasteiger partial charge < -0.3 is 15.4 Å². The fourth-order valence-corrected chi connectivity index (χ4v) is 2.28. The molecule has 1 aliphatic carbocycles. The van der Waals surface area contributed by atoms with Crippen LogP contribution in [0.4, 0.5) is 11.4 Å². The van der Waals surface area contributed by atoms with Crippen molar-refractivity contribution in [2.45, 2.75) is 45.8 Å². The van der Waals surface area contributed by atoms with Crippen LogP contribution in [0.25, 0.3) is 0 Å². The Morgan fingerprint density at radius 3 is 2.44 bits per heavy atom. The Kier molecular flexibility index (Phi) is 3.69. The maximum Gasteiger partial charge on any atom is 0.123 e. The average molecular weight is 248 g/mol. The number of nitrogens with zero attached hydrogens (tertiary/aromatic N) is 1. The SMILES string of the molecule is CC(C)Oc1cc(N)cc(N(C)C(C)C2CC2)c1. The summed E-state index contributed by atoms with van der Waals surface area (Å²) >= 11 is 0. The molecule has 0 aromatic heterocycles. The van der Waals surface area contributed by atoms with E-state index in [1.807, 2.05) is 26.0 Å². The second-order valence-electron chi connectivity index (χ2n) is 5.62. The van der Waals surface area contributed by atoms with Gasteiger partial charge >= 0.3 is 0 Å². The first-order chi connectivity index (χ1) is 8.47. The van der Waals surface area contributed by atoms with Gasteiger partial charge in [-0.1, -0.05) is 0 Å². The Labute approximate surface area is 110 Å². The maximum absolute atomic E-state index is 5.96. The zero-order valence-corrected chi connectivity index (χ0v) is 11.8. The van der Waals surface area contributed by atoms with E-state index in [0.717, 1.165) is 23.0 Å². The summed E-state index contributed by atoms with van der Waals surface area (Å²) in [6, 6.07) is 6.55. The van der Waals surface area contributed by atoms with Crippen LogP contribution < -0.4 is 15.4 Å². The van der Waals surface area contributed by atoms with Crippen LogP contribution in [0.5, 0.6) is 5.75 Å². The summed E-state index contributed by atoms with van der Waals surface area (Å²) in [7, 11) is 2.14. The number of nitrogens with two attached hydrogens (primary N) is 1. The van der Waals surface area contributed by atoms with E-state index in [2.05, 4.69) is 24.9 Å². The van der Waals surface area contributed by atoms with E-state index < -0.39 is 0 Å². The lowest BCUT2D eigenvalue weighted by Crippen LogP contribution is -2.30. The molecule has 2 N–H and O–H groups in total. The fraction of sp³-hybridized carbons (Fsp3) is 0.600. The number of rotatable bonds is 5. The highest BCUT2D eigenvalue weighted by molar-refractivity contribution is 5.60. The molecule has 1 aliphatic rings. The molecule has 1 atom stereocenters. The molecule has 0 heterocycles. The molecule has 0 saturated heterocycles. The molecule has 18 heavy (non-hydrogen) atoms. The van der Waals surface area contributed by atoms with E-state index in [4.69, 9.17) is 10.5 Å². The van der Waals surface area contributed by atoms with Crippen LogP contribution in [0.1, 0.15) is 33.6 Å². The van der Waals surface area contributed by atoms with E-state index in [0.29, 0.717) is 6.04 Å². The van der Waals surface area contributed by atoms with Gasteiger partial charge in [-0.2, -0.15) is 0 Å². The third-order valence-corrected chi connectivity index (χ3v) is 3.61. The summed E-state index contributed by atoms with van der Waals surface area (Å²) in [4.78, 5) is 2.31. The van der Waals surface area contributed by atoms with Gasteiger partial charge in [-0.3, -0.25) is 0 Å². The molecule has 3 nitrogen and oxygen atoms in total. The van der Waals surface area contributed by atoms with Gasteiger partial charge in [0.2, 0.25) is 0 Å². The first kappa shape index (κ1) is 13.1. The number of benzene rings is 1. The fourth-order valence-electron chi connectivity index (χ4n) is 2.28. The quantitative estimate of drug-likeness (QED) is 0.813. The van der Waals surface area contributed by atoms with Crippen molar-refractivity contribution in [3.8, 4) is 5.75 Å². The van der Waals surface area contributed by atoms with Crippen LogP contribution in [0.3, 0.4) is 0 Å². The summed E-state index contributed by atoms with van der Waals surface area (Å²) in [6.45, 7) is 6.34. The molecule has 0 radical (unpaired) electrons. The molecule has 2 rings (SSSR count). The number of nitrogen functional groups attached to an aromatic ring is 1. The van der Waals surface area contributed by atoms with Crippen LogP contribution in [0, 0.1) is 5.92 Å². The topological polar surface area (TPSA) is 38.5 Å². The first-order valence-electron chi connectivity index (χ1n) is 6.77. The van der Waals surface area contributed by atoms with E-state index in [1.165, 1.54) is 12.8 Å². The van der Waals surface area contributed by atoms with Crippen LogP contribution in [0.15, 0.2) is 18.2 Å². The van der Waals surface area contributed by atoms with Crippen molar-refractivity contribution in [2.24, 2.45) is 5.92 Å². The monoisotopic (exact) mass is 248 g/mol. The molecular weight excluding hydrogens is 224 g/mol. The van der Waals surface area contributed by atoms with Gasteiger partial charge in [-0.05, 0) is 45.6 Å². The molecule has 0 aliphatic heterocycles. The highest BCUT2D eigenvalue weighted by Gasteiger charge is 2.30. The predicted octanol–water partition coefficient (Wildman–Crippen LogP) is 3.29. The Balaban J connectivity index is 2.18. The van der Waals surface area contributed by atoms with Crippen LogP contribution in [-0.2, 0) is 0 Å². The number of ether oxygens (including phenoxy) is 1. The number of hydrogen-bond donors (Lipinski definition) is 1. The molecule has 0 amide bonds. The molecule has 0 spiro atoms. The summed E-state index contributed by atoms with van der Waals surface area (Å²) in [6.07, 6.45) is 2.87. The summed E-state index contributed by atoms with van der Waals surface area (Å²) in [5, 5.41) is 0. The van der Waals surface area contributed by atoms with Gasteiger partial charge in [0.25, 0.3) is 0 Å². The molecular formula is C15H24N2O. The van der Waals surface area contributed by atoms with Crippen molar-refractivity contribution in [1.29, 1.82) is 0 Å². The number of hydrogen-bond acceptors (Lipinski definition) is 3. The molecule has 1 aromatic rings. The highest BCUT2D eigenvalue weighted by Crippen LogP contribution is 2.37. The minimum absolute atomic E-state index is 0.172. The molecule has 0 bridgehead atoms. The van der Waals surface area contributed by atoms with E-state index in [9.17, 15) is 0 Å². The van der Waals surface area contributed by atoms with Gasteiger partial charge in [0.1, 0.15) is 5.75 Å². The van der Waals surface area contributed by atoms with Crippen molar-refractivity contribution < 1.29 is 4.74 Å².